The first-order valence-electron chi connectivity index (χ1n) is 6.50. The fourth-order valence-electron chi connectivity index (χ4n) is 1.69. The van der Waals surface area contributed by atoms with E-state index < -0.39 is 11.9 Å². The molecule has 0 saturated heterocycles. The first-order valence-corrected chi connectivity index (χ1v) is 6.50. The number of halogens is 1. The molecule has 1 aromatic carbocycles. The second-order valence-electron chi connectivity index (χ2n) is 4.44. The third kappa shape index (κ3) is 4.12. The molecule has 1 aromatic rings. The quantitative estimate of drug-likeness (QED) is 0.779. The topological polar surface area (TPSA) is 64.3 Å². The minimum absolute atomic E-state index is 0.0744. The maximum atomic E-state index is 13.5. The van der Waals surface area contributed by atoms with E-state index in [0.717, 1.165) is 12.8 Å². The van der Waals surface area contributed by atoms with Gasteiger partial charge in [-0.25, -0.2) is 4.39 Å². The molecule has 0 spiro atoms. The summed E-state index contributed by atoms with van der Waals surface area (Å²) in [5.74, 6) is -0.909. The molecule has 1 amide bonds. The number of benzene rings is 1. The van der Waals surface area contributed by atoms with E-state index in [9.17, 15) is 9.18 Å². The number of hydrogen-bond acceptors (Lipinski definition) is 3. The number of carbonyl (C=O) groups is 1. The highest BCUT2D eigenvalue weighted by Gasteiger charge is 2.19. The van der Waals surface area contributed by atoms with E-state index in [-0.39, 0.29) is 23.4 Å². The lowest BCUT2D eigenvalue weighted by molar-refractivity contribution is -0.128. The molecule has 19 heavy (non-hydrogen) atoms. The zero-order valence-electron chi connectivity index (χ0n) is 11.6. The van der Waals surface area contributed by atoms with Gasteiger partial charge in [0.2, 0.25) is 0 Å². The first kappa shape index (κ1) is 15.3. The number of anilines is 1. The fraction of sp³-hybridized carbons (Fsp3) is 0.500. The largest absolute Gasteiger partial charge is 0.476 e. The van der Waals surface area contributed by atoms with Gasteiger partial charge in [-0.05, 0) is 31.9 Å². The predicted octanol–water partition coefficient (Wildman–Crippen LogP) is 2.48. The highest BCUT2D eigenvalue weighted by atomic mass is 19.1. The van der Waals surface area contributed by atoms with Crippen LogP contribution in [0.2, 0.25) is 0 Å². The van der Waals surface area contributed by atoms with Crippen LogP contribution in [0.3, 0.4) is 0 Å². The Balaban J connectivity index is 2.69. The number of amides is 1. The summed E-state index contributed by atoms with van der Waals surface area (Å²) in [6.45, 7) is 5.56. The van der Waals surface area contributed by atoms with E-state index in [1.165, 1.54) is 18.2 Å². The van der Waals surface area contributed by atoms with Gasteiger partial charge in [0.1, 0.15) is 0 Å². The molecule has 5 heteroatoms. The first-order chi connectivity index (χ1) is 8.99. The van der Waals surface area contributed by atoms with Crippen LogP contribution >= 0.6 is 0 Å². The minimum Gasteiger partial charge on any atom is -0.476 e. The van der Waals surface area contributed by atoms with E-state index in [4.69, 9.17) is 10.5 Å². The van der Waals surface area contributed by atoms with Gasteiger partial charge < -0.3 is 15.8 Å². The molecule has 0 saturated carbocycles. The standard InChI is InChI=1S/C14H21FN2O2/c1-4-10(5-2)17-14(18)9(3)19-13-11(15)7-6-8-12(13)16/h6-10H,4-5,16H2,1-3H3,(H,17,18). The van der Waals surface area contributed by atoms with Gasteiger partial charge >= 0.3 is 0 Å². The normalized spacial score (nSPS) is 12.3. The van der Waals surface area contributed by atoms with E-state index in [1.807, 2.05) is 13.8 Å². The average Bonchev–Trinajstić information content (AvgIpc) is 2.39. The molecule has 1 atom stereocenters. The van der Waals surface area contributed by atoms with E-state index in [1.54, 1.807) is 6.92 Å². The van der Waals surface area contributed by atoms with Crippen LogP contribution in [0.25, 0.3) is 0 Å². The third-order valence-electron chi connectivity index (χ3n) is 2.99. The Kier molecular flexibility index (Phi) is 5.60. The molecule has 0 heterocycles. The van der Waals surface area contributed by atoms with Crippen molar-refractivity contribution in [2.24, 2.45) is 0 Å². The Morgan fingerprint density at radius 3 is 2.58 bits per heavy atom. The third-order valence-corrected chi connectivity index (χ3v) is 2.99. The van der Waals surface area contributed by atoms with Gasteiger partial charge in [0, 0.05) is 6.04 Å². The number of para-hydroxylation sites is 1. The summed E-state index contributed by atoms with van der Waals surface area (Å²) in [6, 6.07) is 4.38. The van der Waals surface area contributed by atoms with Gasteiger partial charge in [-0.2, -0.15) is 0 Å². The Hall–Kier alpha value is -1.78. The lowest BCUT2D eigenvalue weighted by Crippen LogP contribution is -2.42. The maximum Gasteiger partial charge on any atom is 0.260 e. The summed E-state index contributed by atoms with van der Waals surface area (Å²) in [6.07, 6.45) is 0.896. The van der Waals surface area contributed by atoms with Crippen LogP contribution in [-0.2, 0) is 4.79 Å². The molecule has 0 fully saturated rings. The van der Waals surface area contributed by atoms with Gasteiger partial charge in [0.05, 0.1) is 5.69 Å². The molecule has 106 valence electrons. The number of hydrogen-bond donors (Lipinski definition) is 2. The number of rotatable bonds is 6. The zero-order chi connectivity index (χ0) is 14.4. The van der Waals surface area contributed by atoms with Gasteiger partial charge in [0.25, 0.3) is 5.91 Å². The summed E-state index contributed by atoms with van der Waals surface area (Å²) in [7, 11) is 0. The minimum atomic E-state index is -0.792. The Bertz CT molecular complexity index is 413. The molecule has 0 aliphatic heterocycles. The summed E-state index contributed by atoms with van der Waals surface area (Å²) >= 11 is 0. The highest BCUT2D eigenvalue weighted by Crippen LogP contribution is 2.25. The Morgan fingerprint density at radius 1 is 1.42 bits per heavy atom. The fourth-order valence-corrected chi connectivity index (χ4v) is 1.69. The molecule has 0 bridgehead atoms. The van der Waals surface area contributed by atoms with Crippen molar-refractivity contribution in [1.29, 1.82) is 0 Å². The molecular formula is C14H21FN2O2. The van der Waals surface area contributed by atoms with Crippen molar-refractivity contribution >= 4 is 11.6 Å². The summed E-state index contributed by atoms with van der Waals surface area (Å²) in [5, 5.41) is 2.85. The Labute approximate surface area is 113 Å². The second-order valence-corrected chi connectivity index (χ2v) is 4.44. The molecule has 3 N–H and O–H groups in total. The van der Waals surface area contributed by atoms with E-state index in [0.29, 0.717) is 0 Å². The number of nitrogen functional groups attached to an aromatic ring is 1. The molecule has 0 aromatic heterocycles. The summed E-state index contributed by atoms with van der Waals surface area (Å²) < 4.78 is 18.8. The number of ether oxygens (including phenoxy) is 1. The van der Waals surface area contributed by atoms with E-state index in [2.05, 4.69) is 5.32 Å². The molecule has 0 aliphatic carbocycles. The molecular weight excluding hydrogens is 247 g/mol. The predicted molar refractivity (Wildman–Crippen MR) is 73.4 cm³/mol. The number of nitrogens with one attached hydrogen (secondary N) is 1. The van der Waals surface area contributed by atoms with Crippen LogP contribution in [0.15, 0.2) is 18.2 Å². The van der Waals surface area contributed by atoms with Gasteiger partial charge in [-0.3, -0.25) is 4.79 Å². The van der Waals surface area contributed by atoms with Crippen LogP contribution in [0.4, 0.5) is 10.1 Å². The molecule has 1 unspecified atom stereocenters. The van der Waals surface area contributed by atoms with Gasteiger partial charge in [-0.1, -0.05) is 19.9 Å². The van der Waals surface area contributed by atoms with Crippen LogP contribution < -0.4 is 15.8 Å². The number of nitrogens with two attached hydrogens (primary N) is 1. The van der Waals surface area contributed by atoms with Crippen molar-refractivity contribution in [3.63, 3.8) is 0 Å². The van der Waals surface area contributed by atoms with Crippen molar-refractivity contribution in [2.75, 3.05) is 5.73 Å². The summed E-state index contributed by atoms with van der Waals surface area (Å²) in [5.41, 5.74) is 5.81. The van der Waals surface area contributed by atoms with Crippen molar-refractivity contribution in [3.8, 4) is 5.75 Å². The van der Waals surface area contributed by atoms with Crippen LogP contribution in [0.5, 0.6) is 5.75 Å². The molecule has 4 nitrogen and oxygen atoms in total. The highest BCUT2D eigenvalue weighted by molar-refractivity contribution is 5.81. The van der Waals surface area contributed by atoms with Gasteiger partial charge in [-0.15, -0.1) is 0 Å². The van der Waals surface area contributed by atoms with Crippen LogP contribution in [0.1, 0.15) is 33.6 Å². The lowest BCUT2D eigenvalue weighted by Gasteiger charge is -2.20. The second kappa shape index (κ2) is 6.97. The zero-order valence-corrected chi connectivity index (χ0v) is 11.6. The maximum absolute atomic E-state index is 13.5. The van der Waals surface area contributed by atoms with Crippen LogP contribution in [-0.4, -0.2) is 18.1 Å². The number of carbonyl (C=O) groups excluding carboxylic acids is 1. The average molecular weight is 268 g/mol. The molecule has 0 aliphatic rings. The summed E-state index contributed by atoms with van der Waals surface area (Å²) in [4.78, 5) is 11.9. The molecule has 1 rings (SSSR count). The van der Waals surface area contributed by atoms with Crippen LogP contribution in [0, 0.1) is 5.82 Å². The van der Waals surface area contributed by atoms with Gasteiger partial charge in [0.15, 0.2) is 17.7 Å². The SMILES string of the molecule is CCC(CC)NC(=O)C(C)Oc1c(N)cccc1F. The van der Waals surface area contributed by atoms with E-state index >= 15 is 0 Å². The van der Waals surface area contributed by atoms with Crippen molar-refractivity contribution in [2.45, 2.75) is 45.8 Å². The monoisotopic (exact) mass is 268 g/mol. The van der Waals surface area contributed by atoms with Crippen molar-refractivity contribution < 1.29 is 13.9 Å². The molecule has 0 radical (unpaired) electrons. The smallest absolute Gasteiger partial charge is 0.260 e. The Morgan fingerprint density at radius 2 is 2.05 bits per heavy atom. The lowest BCUT2D eigenvalue weighted by atomic mass is 10.1. The van der Waals surface area contributed by atoms with Crippen molar-refractivity contribution in [1.82, 2.24) is 5.32 Å². The van der Waals surface area contributed by atoms with Crippen molar-refractivity contribution in [3.05, 3.63) is 24.0 Å².